The van der Waals surface area contributed by atoms with Crippen LogP contribution in [0.4, 0.5) is 0 Å². The zero-order valence-corrected chi connectivity index (χ0v) is 9.60. The first kappa shape index (κ1) is 12.1. The summed E-state index contributed by atoms with van der Waals surface area (Å²) < 4.78 is 6.80. The Labute approximate surface area is 90.0 Å². The van der Waals surface area contributed by atoms with E-state index in [2.05, 4.69) is 27.8 Å². The second kappa shape index (κ2) is 6.47. The van der Waals surface area contributed by atoms with Crippen LogP contribution in [-0.2, 0) is 11.3 Å². The molecule has 1 heterocycles. The largest absolute Gasteiger partial charge is 0.383 e. The van der Waals surface area contributed by atoms with Crippen LogP contribution in [0.2, 0.25) is 0 Å². The van der Waals surface area contributed by atoms with Gasteiger partial charge in [0, 0.05) is 20.2 Å². The Morgan fingerprint density at radius 1 is 1.53 bits per heavy atom. The molecular weight excluding hydrogens is 194 g/mol. The second-order valence-corrected chi connectivity index (χ2v) is 3.43. The molecule has 0 amide bonds. The third kappa shape index (κ3) is 3.56. The van der Waals surface area contributed by atoms with E-state index < -0.39 is 0 Å². The molecule has 0 aromatic carbocycles. The fourth-order valence-corrected chi connectivity index (χ4v) is 1.36. The highest BCUT2D eigenvalue weighted by atomic mass is 16.5. The molecule has 6 heteroatoms. The molecule has 0 aliphatic rings. The average Bonchev–Trinajstić information content (AvgIpc) is 2.67. The first-order valence-electron chi connectivity index (χ1n) is 5.28. The summed E-state index contributed by atoms with van der Waals surface area (Å²) in [6.45, 7) is 6.51. The lowest BCUT2D eigenvalue weighted by atomic mass is 10.3. The van der Waals surface area contributed by atoms with Crippen molar-refractivity contribution in [3.05, 3.63) is 5.82 Å². The summed E-state index contributed by atoms with van der Waals surface area (Å²) in [5.74, 6) is 0.882. The van der Waals surface area contributed by atoms with Gasteiger partial charge in [0.05, 0.1) is 12.6 Å². The van der Waals surface area contributed by atoms with Crippen molar-refractivity contribution in [3.8, 4) is 0 Å². The number of ether oxygens (including phenoxy) is 1. The monoisotopic (exact) mass is 213 g/mol. The molecule has 0 saturated carbocycles. The van der Waals surface area contributed by atoms with Crippen LogP contribution in [0.3, 0.4) is 0 Å². The number of hydrogen-bond acceptors (Lipinski definition) is 5. The summed E-state index contributed by atoms with van der Waals surface area (Å²) in [6, 6.07) is 0.154. The Balaban J connectivity index is 2.48. The Hall–Kier alpha value is -1.01. The SMILES string of the molecule is CCCn1nnnc1C(C)NCCOC. The summed E-state index contributed by atoms with van der Waals surface area (Å²) in [5, 5.41) is 14.9. The maximum atomic E-state index is 4.97. The molecule has 0 fully saturated rings. The molecule has 0 saturated heterocycles. The van der Waals surface area contributed by atoms with Crippen LogP contribution >= 0.6 is 0 Å². The minimum Gasteiger partial charge on any atom is -0.383 e. The molecule has 6 nitrogen and oxygen atoms in total. The molecule has 1 rings (SSSR count). The van der Waals surface area contributed by atoms with Gasteiger partial charge in [0.2, 0.25) is 0 Å². The molecule has 0 bridgehead atoms. The summed E-state index contributed by atoms with van der Waals surface area (Å²) in [6.07, 6.45) is 1.03. The van der Waals surface area contributed by atoms with Crippen LogP contribution in [0.5, 0.6) is 0 Å². The highest BCUT2D eigenvalue weighted by Crippen LogP contribution is 2.07. The number of tetrazole rings is 1. The predicted octanol–water partition coefficient (Wildman–Crippen LogP) is 0.380. The van der Waals surface area contributed by atoms with Gasteiger partial charge in [-0.05, 0) is 23.8 Å². The van der Waals surface area contributed by atoms with Crippen molar-refractivity contribution in [2.75, 3.05) is 20.3 Å². The van der Waals surface area contributed by atoms with Crippen molar-refractivity contribution in [1.29, 1.82) is 0 Å². The van der Waals surface area contributed by atoms with Crippen molar-refractivity contribution < 1.29 is 4.74 Å². The van der Waals surface area contributed by atoms with E-state index in [-0.39, 0.29) is 6.04 Å². The Morgan fingerprint density at radius 2 is 2.33 bits per heavy atom. The van der Waals surface area contributed by atoms with Crippen LogP contribution in [0, 0.1) is 0 Å². The minimum atomic E-state index is 0.154. The van der Waals surface area contributed by atoms with E-state index in [1.807, 2.05) is 11.6 Å². The molecule has 0 spiro atoms. The van der Waals surface area contributed by atoms with E-state index in [1.54, 1.807) is 7.11 Å². The molecule has 15 heavy (non-hydrogen) atoms. The number of nitrogens with zero attached hydrogens (tertiary/aromatic N) is 4. The summed E-state index contributed by atoms with van der Waals surface area (Å²) in [4.78, 5) is 0. The summed E-state index contributed by atoms with van der Waals surface area (Å²) in [5.41, 5.74) is 0. The van der Waals surface area contributed by atoms with E-state index in [4.69, 9.17) is 4.74 Å². The molecule has 0 radical (unpaired) electrons. The van der Waals surface area contributed by atoms with E-state index in [1.165, 1.54) is 0 Å². The smallest absolute Gasteiger partial charge is 0.167 e. The van der Waals surface area contributed by atoms with Crippen LogP contribution in [0.1, 0.15) is 32.1 Å². The van der Waals surface area contributed by atoms with Gasteiger partial charge in [-0.1, -0.05) is 6.92 Å². The van der Waals surface area contributed by atoms with Gasteiger partial charge in [-0.2, -0.15) is 0 Å². The fraction of sp³-hybridized carbons (Fsp3) is 0.889. The maximum Gasteiger partial charge on any atom is 0.167 e. The van der Waals surface area contributed by atoms with Gasteiger partial charge in [-0.3, -0.25) is 0 Å². The van der Waals surface area contributed by atoms with Crippen LogP contribution in [0.25, 0.3) is 0 Å². The van der Waals surface area contributed by atoms with Gasteiger partial charge >= 0.3 is 0 Å². The minimum absolute atomic E-state index is 0.154. The Morgan fingerprint density at radius 3 is 3.00 bits per heavy atom. The highest BCUT2D eigenvalue weighted by molar-refractivity contribution is 4.89. The second-order valence-electron chi connectivity index (χ2n) is 3.43. The van der Waals surface area contributed by atoms with Gasteiger partial charge < -0.3 is 10.1 Å². The van der Waals surface area contributed by atoms with Gasteiger partial charge in [0.25, 0.3) is 0 Å². The molecular formula is C9H19N5O. The number of methoxy groups -OCH3 is 1. The van der Waals surface area contributed by atoms with Gasteiger partial charge in [-0.15, -0.1) is 5.10 Å². The third-order valence-corrected chi connectivity index (χ3v) is 2.14. The summed E-state index contributed by atoms with van der Waals surface area (Å²) in [7, 11) is 1.69. The van der Waals surface area contributed by atoms with Crippen molar-refractivity contribution >= 4 is 0 Å². The fourth-order valence-electron chi connectivity index (χ4n) is 1.36. The lowest BCUT2D eigenvalue weighted by molar-refractivity contribution is 0.195. The molecule has 0 aliphatic carbocycles. The Bertz CT molecular complexity index is 275. The van der Waals surface area contributed by atoms with E-state index in [0.29, 0.717) is 6.61 Å². The molecule has 1 aromatic heterocycles. The van der Waals surface area contributed by atoms with Crippen molar-refractivity contribution in [3.63, 3.8) is 0 Å². The number of hydrogen-bond donors (Lipinski definition) is 1. The van der Waals surface area contributed by atoms with E-state index >= 15 is 0 Å². The standard InChI is InChI=1S/C9H19N5O/c1-4-6-14-9(11-12-13-14)8(2)10-5-7-15-3/h8,10H,4-7H2,1-3H3. The molecule has 1 unspecified atom stereocenters. The predicted molar refractivity (Wildman–Crippen MR) is 56.4 cm³/mol. The number of nitrogens with one attached hydrogen (secondary N) is 1. The molecule has 1 atom stereocenters. The topological polar surface area (TPSA) is 64.9 Å². The maximum absolute atomic E-state index is 4.97. The number of rotatable bonds is 7. The zero-order valence-electron chi connectivity index (χ0n) is 9.60. The molecule has 0 aliphatic heterocycles. The quantitative estimate of drug-likeness (QED) is 0.663. The van der Waals surface area contributed by atoms with E-state index in [9.17, 15) is 0 Å². The third-order valence-electron chi connectivity index (χ3n) is 2.14. The Kier molecular flexibility index (Phi) is 5.20. The van der Waals surface area contributed by atoms with Crippen molar-refractivity contribution in [2.24, 2.45) is 0 Å². The lowest BCUT2D eigenvalue weighted by Crippen LogP contribution is -2.25. The number of aryl methyl sites for hydroxylation is 1. The van der Waals surface area contributed by atoms with Gasteiger partial charge in [-0.25, -0.2) is 4.68 Å². The van der Waals surface area contributed by atoms with Crippen molar-refractivity contribution in [2.45, 2.75) is 32.9 Å². The average molecular weight is 213 g/mol. The van der Waals surface area contributed by atoms with Crippen LogP contribution < -0.4 is 5.32 Å². The van der Waals surface area contributed by atoms with Crippen LogP contribution in [-0.4, -0.2) is 40.5 Å². The summed E-state index contributed by atoms with van der Waals surface area (Å²) >= 11 is 0. The normalized spacial score (nSPS) is 13.0. The zero-order chi connectivity index (χ0) is 11.1. The van der Waals surface area contributed by atoms with Gasteiger partial charge in [0.1, 0.15) is 0 Å². The molecule has 1 aromatic rings. The van der Waals surface area contributed by atoms with Gasteiger partial charge in [0.15, 0.2) is 5.82 Å². The lowest BCUT2D eigenvalue weighted by Gasteiger charge is -2.12. The number of aromatic nitrogens is 4. The first-order chi connectivity index (χ1) is 7.29. The molecule has 86 valence electrons. The molecule has 1 N–H and O–H groups in total. The first-order valence-corrected chi connectivity index (χ1v) is 5.28. The van der Waals surface area contributed by atoms with Crippen molar-refractivity contribution in [1.82, 2.24) is 25.5 Å². The van der Waals surface area contributed by atoms with Crippen LogP contribution in [0.15, 0.2) is 0 Å². The highest BCUT2D eigenvalue weighted by Gasteiger charge is 2.12. The van der Waals surface area contributed by atoms with E-state index in [0.717, 1.165) is 25.3 Å².